The third-order valence-corrected chi connectivity index (χ3v) is 4.14. The molecule has 1 atom stereocenters. The highest BCUT2D eigenvalue weighted by Crippen LogP contribution is 2.32. The SMILES string of the molecule is CCNC(=NCc1ccc2c(c1)OCO2)NCC(O)COc1cccc(C)c1. The third-order valence-electron chi connectivity index (χ3n) is 4.14. The van der Waals surface area contributed by atoms with E-state index in [1.54, 1.807) is 0 Å². The van der Waals surface area contributed by atoms with E-state index < -0.39 is 6.10 Å². The van der Waals surface area contributed by atoms with Crippen molar-refractivity contribution in [3.63, 3.8) is 0 Å². The van der Waals surface area contributed by atoms with E-state index in [2.05, 4.69) is 15.6 Å². The van der Waals surface area contributed by atoms with Crippen molar-refractivity contribution in [2.45, 2.75) is 26.5 Å². The quantitative estimate of drug-likeness (QED) is 0.477. The van der Waals surface area contributed by atoms with Crippen LogP contribution in [0.2, 0.25) is 0 Å². The first kappa shape index (κ1) is 19.8. The predicted octanol–water partition coefficient (Wildman–Crippen LogP) is 2.22. The average Bonchev–Trinajstić information content (AvgIpc) is 3.16. The maximum atomic E-state index is 10.2. The molecule has 1 unspecified atom stereocenters. The molecule has 28 heavy (non-hydrogen) atoms. The zero-order valence-corrected chi connectivity index (χ0v) is 16.3. The highest BCUT2D eigenvalue weighted by Gasteiger charge is 2.13. The van der Waals surface area contributed by atoms with Gasteiger partial charge in [0.25, 0.3) is 0 Å². The van der Waals surface area contributed by atoms with Gasteiger partial charge in [-0.3, -0.25) is 0 Å². The second-order valence-electron chi connectivity index (χ2n) is 6.55. The highest BCUT2D eigenvalue weighted by atomic mass is 16.7. The number of nitrogens with one attached hydrogen (secondary N) is 2. The lowest BCUT2D eigenvalue weighted by atomic mass is 10.2. The first-order chi connectivity index (χ1) is 13.6. The second-order valence-corrected chi connectivity index (χ2v) is 6.55. The Labute approximate surface area is 165 Å². The zero-order chi connectivity index (χ0) is 19.8. The van der Waals surface area contributed by atoms with Gasteiger partial charge in [0.05, 0.1) is 6.54 Å². The van der Waals surface area contributed by atoms with Crippen molar-refractivity contribution in [1.29, 1.82) is 0 Å². The number of aliphatic hydroxyl groups is 1. The number of aryl methyl sites for hydroxylation is 1. The van der Waals surface area contributed by atoms with E-state index in [1.807, 2.05) is 56.3 Å². The Morgan fingerprint density at radius 1 is 1.18 bits per heavy atom. The molecule has 0 aliphatic carbocycles. The van der Waals surface area contributed by atoms with E-state index >= 15 is 0 Å². The summed E-state index contributed by atoms with van der Waals surface area (Å²) in [5.41, 5.74) is 2.14. The van der Waals surface area contributed by atoms with Gasteiger partial charge in [0, 0.05) is 13.1 Å². The summed E-state index contributed by atoms with van der Waals surface area (Å²) in [4.78, 5) is 4.56. The summed E-state index contributed by atoms with van der Waals surface area (Å²) in [5.74, 6) is 2.89. The van der Waals surface area contributed by atoms with Crippen LogP contribution in [0, 0.1) is 6.92 Å². The van der Waals surface area contributed by atoms with Crippen molar-refractivity contribution in [3.8, 4) is 17.2 Å². The smallest absolute Gasteiger partial charge is 0.231 e. The fourth-order valence-corrected chi connectivity index (χ4v) is 2.72. The van der Waals surface area contributed by atoms with Crippen LogP contribution in [-0.4, -0.2) is 43.7 Å². The molecule has 0 saturated heterocycles. The van der Waals surface area contributed by atoms with Crippen molar-refractivity contribution in [2.24, 2.45) is 4.99 Å². The van der Waals surface area contributed by atoms with Crippen LogP contribution >= 0.6 is 0 Å². The molecule has 0 aromatic heterocycles. The van der Waals surface area contributed by atoms with Crippen LogP contribution in [0.1, 0.15) is 18.1 Å². The number of benzene rings is 2. The number of aliphatic imine (C=N–C) groups is 1. The maximum Gasteiger partial charge on any atom is 0.231 e. The van der Waals surface area contributed by atoms with Crippen molar-refractivity contribution in [2.75, 3.05) is 26.5 Å². The van der Waals surface area contributed by atoms with Crippen LogP contribution in [0.4, 0.5) is 0 Å². The minimum atomic E-state index is -0.657. The molecule has 0 radical (unpaired) electrons. The molecule has 2 aromatic carbocycles. The summed E-state index contributed by atoms with van der Waals surface area (Å²) in [7, 11) is 0. The number of hydrogen-bond acceptors (Lipinski definition) is 5. The standard InChI is InChI=1S/C21H27N3O4/c1-3-22-21(23-11-16-7-8-19-20(10-16)28-14-27-19)24-12-17(25)13-26-18-6-4-5-15(2)9-18/h4-10,17,25H,3,11-14H2,1-2H3,(H2,22,23,24). The van der Waals surface area contributed by atoms with Crippen molar-refractivity contribution < 1.29 is 19.3 Å². The van der Waals surface area contributed by atoms with Gasteiger partial charge in [0.1, 0.15) is 18.5 Å². The van der Waals surface area contributed by atoms with Gasteiger partial charge in [-0.05, 0) is 49.2 Å². The molecule has 7 nitrogen and oxygen atoms in total. The Bertz CT molecular complexity index is 810. The lowest BCUT2D eigenvalue weighted by Gasteiger charge is -2.16. The molecular formula is C21H27N3O4. The average molecular weight is 385 g/mol. The van der Waals surface area contributed by atoms with Crippen LogP contribution in [-0.2, 0) is 6.54 Å². The van der Waals surface area contributed by atoms with Gasteiger partial charge in [-0.15, -0.1) is 0 Å². The molecule has 3 N–H and O–H groups in total. The summed E-state index contributed by atoms with van der Waals surface area (Å²) in [6.45, 7) is 6.01. The van der Waals surface area contributed by atoms with Gasteiger partial charge in [0.15, 0.2) is 17.5 Å². The molecule has 0 bridgehead atoms. The molecule has 2 aromatic rings. The normalized spacial score (nSPS) is 13.9. The fourth-order valence-electron chi connectivity index (χ4n) is 2.72. The molecule has 1 aliphatic rings. The van der Waals surface area contributed by atoms with E-state index in [4.69, 9.17) is 14.2 Å². The lowest BCUT2D eigenvalue weighted by molar-refractivity contribution is 0.110. The van der Waals surface area contributed by atoms with Gasteiger partial charge in [0.2, 0.25) is 6.79 Å². The highest BCUT2D eigenvalue weighted by molar-refractivity contribution is 5.79. The minimum absolute atomic E-state index is 0.206. The molecule has 0 fully saturated rings. The molecule has 1 heterocycles. The summed E-state index contributed by atoms with van der Waals surface area (Å²) in [5, 5.41) is 16.5. The second kappa shape index (κ2) is 9.85. The Hall–Kier alpha value is -2.93. The Morgan fingerprint density at radius 3 is 2.86 bits per heavy atom. The van der Waals surface area contributed by atoms with Crippen molar-refractivity contribution in [3.05, 3.63) is 53.6 Å². The largest absolute Gasteiger partial charge is 0.491 e. The Kier molecular flexibility index (Phi) is 6.97. The molecular weight excluding hydrogens is 358 g/mol. The van der Waals surface area contributed by atoms with Gasteiger partial charge in [-0.2, -0.15) is 0 Å². The zero-order valence-electron chi connectivity index (χ0n) is 16.3. The van der Waals surface area contributed by atoms with Crippen LogP contribution in [0.5, 0.6) is 17.2 Å². The van der Waals surface area contributed by atoms with E-state index in [0.29, 0.717) is 19.0 Å². The molecule has 150 valence electrons. The Balaban J connectivity index is 1.48. The minimum Gasteiger partial charge on any atom is -0.491 e. The molecule has 3 rings (SSSR count). The molecule has 0 saturated carbocycles. The molecule has 7 heteroatoms. The number of rotatable bonds is 8. The first-order valence-corrected chi connectivity index (χ1v) is 9.42. The molecule has 1 aliphatic heterocycles. The predicted molar refractivity (Wildman–Crippen MR) is 108 cm³/mol. The number of ether oxygens (including phenoxy) is 3. The maximum absolute atomic E-state index is 10.2. The third kappa shape index (κ3) is 5.79. The van der Waals surface area contributed by atoms with E-state index in [1.165, 1.54) is 0 Å². The molecule has 0 amide bonds. The Morgan fingerprint density at radius 2 is 2.04 bits per heavy atom. The van der Waals surface area contributed by atoms with Gasteiger partial charge in [-0.25, -0.2) is 4.99 Å². The fraction of sp³-hybridized carbons (Fsp3) is 0.381. The summed E-state index contributed by atoms with van der Waals surface area (Å²) >= 11 is 0. The van der Waals surface area contributed by atoms with Crippen molar-refractivity contribution in [1.82, 2.24) is 10.6 Å². The topological polar surface area (TPSA) is 84.3 Å². The van der Waals surface area contributed by atoms with Gasteiger partial charge in [-0.1, -0.05) is 18.2 Å². The lowest BCUT2D eigenvalue weighted by Crippen LogP contribution is -2.42. The van der Waals surface area contributed by atoms with Crippen LogP contribution < -0.4 is 24.8 Å². The number of hydrogen-bond donors (Lipinski definition) is 3. The number of nitrogens with zero attached hydrogens (tertiary/aromatic N) is 1. The molecule has 0 spiro atoms. The van der Waals surface area contributed by atoms with Crippen LogP contribution in [0.15, 0.2) is 47.5 Å². The first-order valence-electron chi connectivity index (χ1n) is 9.42. The number of guanidine groups is 1. The summed E-state index contributed by atoms with van der Waals surface area (Å²) in [6, 6.07) is 13.5. The summed E-state index contributed by atoms with van der Waals surface area (Å²) < 4.78 is 16.4. The van der Waals surface area contributed by atoms with E-state index in [9.17, 15) is 5.11 Å². The number of fused-ring (bicyclic) bond motifs is 1. The monoisotopic (exact) mass is 385 g/mol. The van der Waals surface area contributed by atoms with Crippen molar-refractivity contribution >= 4 is 5.96 Å². The van der Waals surface area contributed by atoms with Gasteiger partial charge < -0.3 is 30.0 Å². The van der Waals surface area contributed by atoms with E-state index in [0.717, 1.165) is 34.9 Å². The van der Waals surface area contributed by atoms with Crippen LogP contribution in [0.3, 0.4) is 0 Å². The summed E-state index contributed by atoms with van der Waals surface area (Å²) in [6.07, 6.45) is -0.657. The van der Waals surface area contributed by atoms with Gasteiger partial charge >= 0.3 is 0 Å². The number of aliphatic hydroxyl groups excluding tert-OH is 1. The van der Waals surface area contributed by atoms with E-state index in [-0.39, 0.29) is 13.4 Å². The van der Waals surface area contributed by atoms with Crippen LogP contribution in [0.25, 0.3) is 0 Å².